The number of hydrogen-bond acceptors (Lipinski definition) is 1. The van der Waals surface area contributed by atoms with E-state index in [9.17, 15) is 4.79 Å². The van der Waals surface area contributed by atoms with Crippen LogP contribution in [0.1, 0.15) is 30.6 Å². The maximum atomic E-state index is 11.1. The van der Waals surface area contributed by atoms with Gasteiger partial charge in [-0.05, 0) is 30.5 Å². The third-order valence-electron chi connectivity index (χ3n) is 2.99. The minimum absolute atomic E-state index is 0.380. The Morgan fingerprint density at radius 1 is 1.35 bits per heavy atom. The number of aryl methyl sites for hydroxylation is 1. The van der Waals surface area contributed by atoms with Crippen molar-refractivity contribution in [3.05, 3.63) is 36.0 Å². The van der Waals surface area contributed by atoms with Crippen molar-refractivity contribution in [1.82, 2.24) is 4.57 Å². The lowest BCUT2D eigenvalue weighted by atomic mass is 10.1. The van der Waals surface area contributed by atoms with Crippen molar-refractivity contribution < 1.29 is 9.90 Å². The number of fused-ring (bicyclic) bond motifs is 1. The van der Waals surface area contributed by atoms with Gasteiger partial charge in [-0.25, -0.2) is 4.79 Å². The monoisotopic (exact) mass is 231 g/mol. The van der Waals surface area contributed by atoms with E-state index in [-0.39, 0.29) is 0 Å². The Morgan fingerprint density at radius 2 is 2.12 bits per heavy atom. The fourth-order valence-electron chi connectivity index (χ4n) is 2.00. The minimum Gasteiger partial charge on any atom is -0.478 e. The van der Waals surface area contributed by atoms with E-state index < -0.39 is 5.97 Å². The van der Waals surface area contributed by atoms with E-state index >= 15 is 0 Å². The lowest BCUT2D eigenvalue weighted by Gasteiger charge is -2.08. The van der Waals surface area contributed by atoms with Gasteiger partial charge in [-0.3, -0.25) is 0 Å². The number of hydrogen-bond donors (Lipinski definition) is 1. The molecule has 1 N–H and O–H groups in total. The lowest BCUT2D eigenvalue weighted by molar-refractivity contribution is 0.0699. The van der Waals surface area contributed by atoms with Gasteiger partial charge >= 0.3 is 5.97 Å². The topological polar surface area (TPSA) is 42.2 Å². The highest BCUT2D eigenvalue weighted by molar-refractivity contribution is 6.02. The van der Waals surface area contributed by atoms with E-state index in [0.717, 1.165) is 23.9 Å². The molecule has 0 aliphatic rings. The Morgan fingerprint density at radius 3 is 2.76 bits per heavy atom. The molecule has 3 nitrogen and oxygen atoms in total. The SMILES string of the molecule is CC(C)CCn1ccc2c(C(=O)O)cccc21. The number of aromatic nitrogens is 1. The fourth-order valence-corrected chi connectivity index (χ4v) is 2.00. The molecule has 0 saturated heterocycles. The molecular formula is C14H17NO2. The fraction of sp³-hybridized carbons (Fsp3) is 0.357. The van der Waals surface area contributed by atoms with Crippen molar-refractivity contribution in [3.8, 4) is 0 Å². The van der Waals surface area contributed by atoms with Gasteiger partial charge in [0.15, 0.2) is 0 Å². The number of benzene rings is 1. The summed E-state index contributed by atoms with van der Waals surface area (Å²) in [5, 5.41) is 9.92. The number of carboxylic acids is 1. The Bertz CT molecular complexity index is 540. The molecule has 0 bridgehead atoms. The van der Waals surface area contributed by atoms with Gasteiger partial charge in [-0.2, -0.15) is 0 Å². The molecular weight excluding hydrogens is 214 g/mol. The van der Waals surface area contributed by atoms with Crippen LogP contribution in [0, 0.1) is 5.92 Å². The Labute approximate surface area is 101 Å². The van der Waals surface area contributed by atoms with Crippen molar-refractivity contribution in [2.45, 2.75) is 26.8 Å². The van der Waals surface area contributed by atoms with Gasteiger partial charge in [0.2, 0.25) is 0 Å². The molecule has 90 valence electrons. The Hall–Kier alpha value is -1.77. The molecule has 0 saturated carbocycles. The summed E-state index contributed by atoms with van der Waals surface area (Å²) in [5.74, 6) is -0.215. The molecule has 0 aliphatic carbocycles. The predicted molar refractivity (Wildman–Crippen MR) is 68.4 cm³/mol. The van der Waals surface area contributed by atoms with Gasteiger partial charge in [0.1, 0.15) is 0 Å². The smallest absolute Gasteiger partial charge is 0.336 e. The van der Waals surface area contributed by atoms with Crippen LogP contribution >= 0.6 is 0 Å². The highest BCUT2D eigenvalue weighted by Gasteiger charge is 2.10. The second-order valence-electron chi connectivity index (χ2n) is 4.74. The standard InChI is InChI=1S/C14H17NO2/c1-10(2)6-8-15-9-7-11-12(14(16)17)4-3-5-13(11)15/h3-5,7,9-10H,6,8H2,1-2H3,(H,16,17). The first-order valence-corrected chi connectivity index (χ1v) is 5.90. The van der Waals surface area contributed by atoms with Crippen LogP contribution in [0.4, 0.5) is 0 Å². The molecule has 0 unspecified atom stereocenters. The number of carbonyl (C=O) groups is 1. The summed E-state index contributed by atoms with van der Waals surface area (Å²) in [4.78, 5) is 11.1. The maximum Gasteiger partial charge on any atom is 0.336 e. The van der Waals surface area contributed by atoms with Crippen LogP contribution in [0.15, 0.2) is 30.5 Å². The van der Waals surface area contributed by atoms with Gasteiger partial charge in [0.25, 0.3) is 0 Å². The molecule has 3 heteroatoms. The molecule has 1 heterocycles. The second kappa shape index (κ2) is 4.62. The molecule has 1 aromatic heterocycles. The third kappa shape index (κ3) is 2.33. The molecule has 0 spiro atoms. The van der Waals surface area contributed by atoms with Gasteiger partial charge in [0.05, 0.1) is 5.56 Å². The highest BCUT2D eigenvalue weighted by atomic mass is 16.4. The van der Waals surface area contributed by atoms with E-state index in [1.807, 2.05) is 18.3 Å². The molecule has 1 aromatic carbocycles. The molecule has 0 fully saturated rings. The Balaban J connectivity index is 2.40. The van der Waals surface area contributed by atoms with Crippen LogP contribution in [-0.4, -0.2) is 15.6 Å². The molecule has 2 aromatic rings. The van der Waals surface area contributed by atoms with Crippen molar-refractivity contribution in [3.63, 3.8) is 0 Å². The number of aromatic carboxylic acids is 1. The van der Waals surface area contributed by atoms with Crippen molar-refractivity contribution >= 4 is 16.9 Å². The molecule has 17 heavy (non-hydrogen) atoms. The third-order valence-corrected chi connectivity index (χ3v) is 2.99. The van der Waals surface area contributed by atoms with E-state index in [0.29, 0.717) is 11.5 Å². The molecule has 0 amide bonds. The zero-order chi connectivity index (χ0) is 12.4. The van der Waals surface area contributed by atoms with Crippen LogP contribution < -0.4 is 0 Å². The van der Waals surface area contributed by atoms with Crippen molar-refractivity contribution in [2.24, 2.45) is 5.92 Å². The number of nitrogens with zero attached hydrogens (tertiary/aromatic N) is 1. The van der Waals surface area contributed by atoms with Gasteiger partial charge in [-0.15, -0.1) is 0 Å². The summed E-state index contributed by atoms with van der Waals surface area (Å²) in [5.41, 5.74) is 1.39. The van der Waals surface area contributed by atoms with Gasteiger partial charge in [0, 0.05) is 23.6 Å². The normalized spacial score (nSPS) is 11.2. The summed E-state index contributed by atoms with van der Waals surface area (Å²) < 4.78 is 2.13. The number of rotatable bonds is 4. The zero-order valence-electron chi connectivity index (χ0n) is 10.2. The molecule has 0 atom stereocenters. The first-order chi connectivity index (χ1) is 8.09. The van der Waals surface area contributed by atoms with E-state index in [2.05, 4.69) is 18.4 Å². The first kappa shape index (κ1) is 11.7. The average Bonchev–Trinajstić information content (AvgIpc) is 2.68. The van der Waals surface area contributed by atoms with Crippen molar-refractivity contribution in [2.75, 3.05) is 0 Å². The van der Waals surface area contributed by atoms with Crippen LogP contribution in [0.2, 0.25) is 0 Å². The minimum atomic E-state index is -0.864. The first-order valence-electron chi connectivity index (χ1n) is 5.90. The van der Waals surface area contributed by atoms with E-state index in [1.54, 1.807) is 12.1 Å². The summed E-state index contributed by atoms with van der Waals surface area (Å²) >= 11 is 0. The average molecular weight is 231 g/mol. The van der Waals surface area contributed by atoms with E-state index in [1.165, 1.54) is 0 Å². The highest BCUT2D eigenvalue weighted by Crippen LogP contribution is 2.21. The molecule has 0 aliphatic heterocycles. The van der Waals surface area contributed by atoms with Crippen LogP contribution in [-0.2, 0) is 6.54 Å². The maximum absolute atomic E-state index is 11.1. The predicted octanol–water partition coefficient (Wildman–Crippen LogP) is 3.39. The summed E-state index contributed by atoms with van der Waals surface area (Å²) in [7, 11) is 0. The molecule has 0 radical (unpaired) electrons. The molecule has 2 rings (SSSR count). The number of carboxylic acid groups (broad SMARTS) is 1. The largest absolute Gasteiger partial charge is 0.478 e. The quantitative estimate of drug-likeness (QED) is 0.876. The zero-order valence-corrected chi connectivity index (χ0v) is 10.2. The van der Waals surface area contributed by atoms with Crippen molar-refractivity contribution in [1.29, 1.82) is 0 Å². The van der Waals surface area contributed by atoms with Crippen LogP contribution in [0.25, 0.3) is 10.9 Å². The van der Waals surface area contributed by atoms with Crippen LogP contribution in [0.5, 0.6) is 0 Å². The van der Waals surface area contributed by atoms with E-state index in [4.69, 9.17) is 5.11 Å². The summed E-state index contributed by atoms with van der Waals surface area (Å²) in [6.07, 6.45) is 3.07. The lowest BCUT2D eigenvalue weighted by Crippen LogP contribution is -2.01. The summed E-state index contributed by atoms with van der Waals surface area (Å²) in [6, 6.07) is 7.32. The van der Waals surface area contributed by atoms with Crippen LogP contribution in [0.3, 0.4) is 0 Å². The van der Waals surface area contributed by atoms with Gasteiger partial charge < -0.3 is 9.67 Å². The summed E-state index contributed by atoms with van der Waals surface area (Å²) in [6.45, 7) is 5.31. The van der Waals surface area contributed by atoms with Gasteiger partial charge in [-0.1, -0.05) is 19.9 Å². The second-order valence-corrected chi connectivity index (χ2v) is 4.74. The Kier molecular flexibility index (Phi) is 3.18.